The van der Waals surface area contributed by atoms with Gasteiger partial charge in [-0.05, 0) is 0 Å². The Kier molecular flexibility index (Phi) is 7.81. The molecule has 0 N–H and O–H groups in total. The molecule has 6 heavy (non-hydrogen) atoms. The van der Waals surface area contributed by atoms with Crippen molar-refractivity contribution in [1.29, 1.82) is 0 Å². The molecule has 0 spiro atoms. The van der Waals surface area contributed by atoms with Crippen LogP contribution in [0.1, 0.15) is 0 Å². The number of rotatable bonds is 0. The summed E-state index contributed by atoms with van der Waals surface area (Å²) < 4.78 is 3.56. The molecule has 0 heterocycles. The number of carboxylic acid groups (broad SMARTS) is 1. The van der Waals surface area contributed by atoms with E-state index in [1.165, 1.54) is 0 Å². The molecule has 3 nitrogen and oxygen atoms in total. The van der Waals surface area contributed by atoms with Crippen molar-refractivity contribution >= 4 is 6.16 Å². The molecular formula is C2H5IO3. The molecular weight excluding hydrogens is 199 g/mol. The first kappa shape index (κ1) is 9.38. The second-order valence-corrected chi connectivity index (χ2v) is 0.454. The Morgan fingerprint density at radius 2 is 2.00 bits per heavy atom. The van der Waals surface area contributed by atoms with E-state index in [1.54, 1.807) is 0 Å². The summed E-state index contributed by atoms with van der Waals surface area (Å²) in [7, 11) is 1.04. The number of hydrogen-bond donors (Lipinski definition) is 0. The molecule has 0 aromatic rings. The molecule has 0 unspecified atom stereocenters. The highest BCUT2D eigenvalue weighted by Crippen LogP contribution is 1.53. The normalized spacial score (nSPS) is 5.50. The van der Waals surface area contributed by atoms with Crippen LogP contribution in [0.5, 0.6) is 0 Å². The van der Waals surface area contributed by atoms with E-state index in [9.17, 15) is 0 Å². The first-order valence-corrected chi connectivity index (χ1v) is 1.02. The number of hydrogen-bond acceptors (Lipinski definition) is 3. The van der Waals surface area contributed by atoms with Gasteiger partial charge in [0.1, 0.15) is 0 Å². The summed E-state index contributed by atoms with van der Waals surface area (Å²) in [4.78, 5) is 9.03. The Hall–Kier alpha value is 0. The van der Waals surface area contributed by atoms with Crippen molar-refractivity contribution in [3.05, 3.63) is 0 Å². The first-order valence-electron chi connectivity index (χ1n) is 1.02. The summed E-state index contributed by atoms with van der Waals surface area (Å²) in [5.74, 6) is 0. The molecule has 0 bridgehead atoms. The molecule has 38 valence electrons. The number of methoxy groups -OCH3 is 1. The molecule has 0 aliphatic carbocycles. The third-order valence-corrected chi connectivity index (χ3v) is 0.167. The summed E-state index contributed by atoms with van der Waals surface area (Å²) in [6.45, 7) is 0. The zero-order valence-corrected chi connectivity index (χ0v) is 5.72. The molecule has 0 amide bonds. The van der Waals surface area contributed by atoms with E-state index in [-0.39, 0.29) is 24.0 Å². The molecule has 0 radical (unpaired) electrons. The minimum Gasteiger partial charge on any atom is -0.553 e. The van der Waals surface area contributed by atoms with E-state index in [0.717, 1.165) is 7.11 Å². The highest BCUT2D eigenvalue weighted by atomic mass is 127. The van der Waals surface area contributed by atoms with E-state index in [2.05, 4.69) is 4.74 Å². The second kappa shape index (κ2) is 5.00. The molecule has 0 atom stereocenters. The minimum atomic E-state index is -1.50. The third-order valence-electron chi connectivity index (χ3n) is 0.167. The SMILES string of the molecule is COC(=O)[O-].[IH2+]. The average molecular weight is 204 g/mol. The van der Waals surface area contributed by atoms with Gasteiger partial charge in [-0.15, -0.1) is 0 Å². The van der Waals surface area contributed by atoms with E-state index < -0.39 is 6.16 Å². The molecule has 4 heteroatoms. The summed E-state index contributed by atoms with van der Waals surface area (Å²) in [6.07, 6.45) is -1.50. The number of halogens is 1. The van der Waals surface area contributed by atoms with Crippen molar-refractivity contribution in [3.8, 4) is 0 Å². The van der Waals surface area contributed by atoms with E-state index in [0.29, 0.717) is 0 Å². The van der Waals surface area contributed by atoms with E-state index in [4.69, 9.17) is 9.90 Å². The van der Waals surface area contributed by atoms with Gasteiger partial charge in [-0.3, -0.25) is 0 Å². The van der Waals surface area contributed by atoms with Gasteiger partial charge in [-0.2, -0.15) is 0 Å². The molecule has 0 saturated carbocycles. The highest BCUT2D eigenvalue weighted by Gasteiger charge is 1.63. The fraction of sp³-hybridized carbons (Fsp3) is 0.500. The fourth-order valence-electron chi connectivity index (χ4n) is 0. The van der Waals surface area contributed by atoms with Crippen LogP contribution in [0.25, 0.3) is 0 Å². The third kappa shape index (κ3) is 9.00. The summed E-state index contributed by atoms with van der Waals surface area (Å²) in [5.41, 5.74) is 0. The average Bonchev–Trinajstić information content (AvgIpc) is 1.38. The zero-order chi connectivity index (χ0) is 4.28. The van der Waals surface area contributed by atoms with Crippen molar-refractivity contribution in [2.45, 2.75) is 0 Å². The Balaban J connectivity index is 0. The minimum absolute atomic E-state index is 0. The molecule has 0 aromatic carbocycles. The van der Waals surface area contributed by atoms with Gasteiger partial charge < -0.3 is 14.6 Å². The van der Waals surface area contributed by atoms with Gasteiger partial charge in [-0.1, -0.05) is 0 Å². The number of carbonyl (C=O) groups excluding carboxylic acids is 1. The smallest absolute Gasteiger partial charge is 0.251 e. The van der Waals surface area contributed by atoms with Crippen molar-refractivity contribution in [3.63, 3.8) is 0 Å². The quantitative estimate of drug-likeness (QED) is 0.295. The van der Waals surface area contributed by atoms with Gasteiger partial charge in [0.2, 0.25) is 24.0 Å². The first-order chi connectivity index (χ1) is 2.27. The predicted molar refractivity (Wildman–Crippen MR) is 15.2 cm³/mol. The van der Waals surface area contributed by atoms with Crippen molar-refractivity contribution in [2.24, 2.45) is 0 Å². The van der Waals surface area contributed by atoms with E-state index >= 15 is 0 Å². The lowest BCUT2D eigenvalue weighted by Gasteiger charge is -1.92. The lowest BCUT2D eigenvalue weighted by molar-refractivity contribution is -0.279. The second-order valence-electron chi connectivity index (χ2n) is 0.454. The summed E-state index contributed by atoms with van der Waals surface area (Å²) >= 11 is 0. The number of ether oxygens (including phenoxy) is 1. The molecule has 0 fully saturated rings. The summed E-state index contributed by atoms with van der Waals surface area (Å²) in [5, 5.41) is 9.03. The zero-order valence-electron chi connectivity index (χ0n) is 3.17. The van der Waals surface area contributed by atoms with E-state index in [1.807, 2.05) is 0 Å². The number of carbonyl (C=O) groups is 1. The van der Waals surface area contributed by atoms with Gasteiger partial charge in [0.15, 0.2) is 0 Å². The largest absolute Gasteiger partial charge is 0.553 e. The fourth-order valence-corrected chi connectivity index (χ4v) is 0. The Bertz CT molecular complexity index is 44.1. The van der Waals surface area contributed by atoms with Crippen LogP contribution in [0.15, 0.2) is 0 Å². The van der Waals surface area contributed by atoms with Crippen LogP contribution in [0.2, 0.25) is 0 Å². The lowest BCUT2D eigenvalue weighted by Crippen LogP contribution is -3.00. The predicted octanol–water partition coefficient (Wildman–Crippen LogP) is -4.56. The van der Waals surface area contributed by atoms with Crippen LogP contribution in [0, 0.1) is 0 Å². The van der Waals surface area contributed by atoms with Gasteiger partial charge in [-0.25, -0.2) is 0 Å². The molecule has 0 aliphatic rings. The van der Waals surface area contributed by atoms with Crippen LogP contribution < -0.4 is 29.1 Å². The van der Waals surface area contributed by atoms with Crippen LogP contribution in [-0.4, -0.2) is 13.3 Å². The topological polar surface area (TPSA) is 49.4 Å². The Morgan fingerprint density at radius 3 is 2.00 bits per heavy atom. The maximum atomic E-state index is 9.03. The van der Waals surface area contributed by atoms with Crippen molar-refractivity contribution in [2.75, 3.05) is 7.11 Å². The van der Waals surface area contributed by atoms with Crippen LogP contribution in [-0.2, 0) is 4.74 Å². The molecule has 0 rings (SSSR count). The van der Waals surface area contributed by atoms with Crippen LogP contribution in [0.4, 0.5) is 4.79 Å². The Morgan fingerprint density at radius 1 is 1.83 bits per heavy atom. The van der Waals surface area contributed by atoms with Crippen molar-refractivity contribution in [1.82, 2.24) is 0 Å². The maximum Gasteiger partial charge on any atom is 0.251 e. The monoisotopic (exact) mass is 204 g/mol. The highest BCUT2D eigenvalue weighted by molar-refractivity contribution is 5.53. The lowest BCUT2D eigenvalue weighted by atomic mass is 11.4. The molecule has 0 saturated heterocycles. The molecule has 0 aliphatic heterocycles. The van der Waals surface area contributed by atoms with Gasteiger partial charge in [0.05, 0.1) is 0 Å². The van der Waals surface area contributed by atoms with Gasteiger partial charge in [0.25, 0.3) is 6.16 Å². The molecule has 0 aromatic heterocycles. The van der Waals surface area contributed by atoms with Gasteiger partial charge >= 0.3 is 0 Å². The van der Waals surface area contributed by atoms with Crippen LogP contribution in [0.3, 0.4) is 0 Å². The van der Waals surface area contributed by atoms with Crippen molar-refractivity contribution < 1.29 is 38.6 Å². The van der Waals surface area contributed by atoms with Gasteiger partial charge in [0, 0.05) is 7.11 Å². The maximum absolute atomic E-state index is 9.03. The Labute approximate surface area is 52.3 Å². The van der Waals surface area contributed by atoms with Crippen LogP contribution >= 0.6 is 0 Å². The standard InChI is InChI=1S/C2H4O3.H2I/c1-5-2(3)4;/h1H3,(H,3,4);1H2/q;+1/p-1. The summed E-state index contributed by atoms with van der Waals surface area (Å²) in [6, 6.07) is 0.